The number of piperidine rings is 1. The van der Waals surface area contributed by atoms with E-state index < -0.39 is 11.7 Å². The molecule has 0 saturated carbocycles. The highest BCUT2D eigenvalue weighted by molar-refractivity contribution is 6.05. The third-order valence-corrected chi connectivity index (χ3v) is 4.95. The minimum absolute atomic E-state index is 0.00336. The molecule has 1 saturated heterocycles. The molecular formula is C19H18F3N5O. The van der Waals surface area contributed by atoms with Crippen LogP contribution in [0.25, 0.3) is 10.9 Å². The number of nitrogens with one attached hydrogen (secondary N) is 2. The first-order valence-corrected chi connectivity index (χ1v) is 8.93. The van der Waals surface area contributed by atoms with Crippen LogP contribution < -0.4 is 10.2 Å². The lowest BCUT2D eigenvalue weighted by Gasteiger charge is -2.33. The van der Waals surface area contributed by atoms with E-state index in [-0.39, 0.29) is 11.9 Å². The van der Waals surface area contributed by atoms with E-state index in [1.807, 2.05) is 17.0 Å². The highest BCUT2D eigenvalue weighted by Crippen LogP contribution is 2.29. The van der Waals surface area contributed by atoms with Gasteiger partial charge < -0.3 is 10.2 Å². The van der Waals surface area contributed by atoms with Crippen LogP contribution in [0.3, 0.4) is 0 Å². The van der Waals surface area contributed by atoms with Gasteiger partial charge in [-0.15, -0.1) is 0 Å². The first-order chi connectivity index (χ1) is 13.4. The molecule has 0 atom stereocenters. The Hall–Kier alpha value is -3.10. The molecule has 6 nitrogen and oxygen atoms in total. The quantitative estimate of drug-likeness (QED) is 0.720. The number of fused-ring (bicyclic) bond motifs is 1. The summed E-state index contributed by atoms with van der Waals surface area (Å²) in [4.78, 5) is 18.5. The second-order valence-electron chi connectivity index (χ2n) is 6.78. The van der Waals surface area contributed by atoms with Gasteiger partial charge in [0.15, 0.2) is 0 Å². The molecule has 3 heterocycles. The number of halogens is 3. The van der Waals surface area contributed by atoms with Crippen molar-refractivity contribution in [3.05, 3.63) is 53.9 Å². The first-order valence-electron chi connectivity index (χ1n) is 8.93. The van der Waals surface area contributed by atoms with E-state index in [1.165, 1.54) is 6.07 Å². The number of anilines is 1. The molecule has 28 heavy (non-hydrogen) atoms. The molecule has 0 bridgehead atoms. The summed E-state index contributed by atoms with van der Waals surface area (Å²) in [7, 11) is 0. The number of rotatable bonds is 3. The number of aromatic amines is 1. The molecule has 3 aromatic rings. The van der Waals surface area contributed by atoms with E-state index >= 15 is 0 Å². The third kappa shape index (κ3) is 3.64. The van der Waals surface area contributed by atoms with Crippen molar-refractivity contribution in [1.82, 2.24) is 20.5 Å². The van der Waals surface area contributed by atoms with Crippen molar-refractivity contribution in [2.24, 2.45) is 0 Å². The van der Waals surface area contributed by atoms with Crippen LogP contribution >= 0.6 is 0 Å². The summed E-state index contributed by atoms with van der Waals surface area (Å²) < 4.78 is 38.0. The molecule has 4 rings (SSSR count). The average Bonchev–Trinajstić information content (AvgIpc) is 3.17. The van der Waals surface area contributed by atoms with Crippen LogP contribution in [0, 0.1) is 0 Å². The fraction of sp³-hybridized carbons (Fsp3) is 0.316. The minimum atomic E-state index is -4.39. The predicted octanol–water partition coefficient (Wildman–Crippen LogP) is 3.38. The SMILES string of the molecule is O=C(NC1CCN(c2ccc(C(F)(F)F)cn2)CC1)c1cccc2cn[nH]c12. The summed E-state index contributed by atoms with van der Waals surface area (Å²) in [5.41, 5.74) is 0.486. The van der Waals surface area contributed by atoms with Gasteiger partial charge in [-0.1, -0.05) is 12.1 Å². The molecule has 1 amide bonds. The molecule has 0 spiro atoms. The maximum absolute atomic E-state index is 12.7. The molecule has 1 aliphatic rings. The van der Waals surface area contributed by atoms with Crippen molar-refractivity contribution >= 4 is 22.6 Å². The Kier molecular flexibility index (Phi) is 4.66. The Morgan fingerprint density at radius 2 is 1.93 bits per heavy atom. The normalized spacial score (nSPS) is 15.8. The lowest BCUT2D eigenvalue weighted by molar-refractivity contribution is -0.137. The highest BCUT2D eigenvalue weighted by Gasteiger charge is 2.31. The standard InChI is InChI=1S/C19H18F3N5O/c20-19(21,22)13-4-5-16(23-11-13)27-8-6-14(7-9-27)25-18(28)15-3-1-2-12-10-24-26-17(12)15/h1-5,10-11,14H,6-9H2,(H,24,26)(H,25,28). The number of aromatic nitrogens is 3. The van der Waals surface area contributed by atoms with Crippen molar-refractivity contribution < 1.29 is 18.0 Å². The lowest BCUT2D eigenvalue weighted by atomic mass is 10.0. The van der Waals surface area contributed by atoms with Crippen LogP contribution in [0.15, 0.2) is 42.7 Å². The van der Waals surface area contributed by atoms with Crippen LogP contribution in [0.1, 0.15) is 28.8 Å². The zero-order valence-electron chi connectivity index (χ0n) is 14.8. The number of carbonyl (C=O) groups is 1. The average molecular weight is 389 g/mol. The summed E-state index contributed by atoms with van der Waals surface area (Å²) in [6.45, 7) is 1.22. The number of benzene rings is 1. The van der Waals surface area contributed by atoms with Gasteiger partial charge >= 0.3 is 6.18 Å². The highest BCUT2D eigenvalue weighted by atomic mass is 19.4. The number of para-hydroxylation sites is 1. The molecule has 1 fully saturated rings. The van der Waals surface area contributed by atoms with Crippen LogP contribution in [-0.4, -0.2) is 40.2 Å². The van der Waals surface area contributed by atoms with Crippen molar-refractivity contribution in [3.63, 3.8) is 0 Å². The molecule has 1 aliphatic heterocycles. The maximum atomic E-state index is 12.7. The Balaban J connectivity index is 1.36. The second kappa shape index (κ2) is 7.14. The van der Waals surface area contributed by atoms with E-state index in [0.717, 1.165) is 17.6 Å². The van der Waals surface area contributed by atoms with Crippen molar-refractivity contribution in [2.45, 2.75) is 25.1 Å². The van der Waals surface area contributed by atoms with Gasteiger partial charge in [0.05, 0.1) is 22.8 Å². The zero-order valence-corrected chi connectivity index (χ0v) is 14.8. The molecule has 2 N–H and O–H groups in total. The van der Waals surface area contributed by atoms with Gasteiger partial charge in [0.2, 0.25) is 0 Å². The van der Waals surface area contributed by atoms with Gasteiger partial charge in [-0.3, -0.25) is 9.89 Å². The van der Waals surface area contributed by atoms with E-state index in [1.54, 1.807) is 12.3 Å². The van der Waals surface area contributed by atoms with Gasteiger partial charge in [0, 0.05) is 30.7 Å². The van der Waals surface area contributed by atoms with Crippen LogP contribution in [0.2, 0.25) is 0 Å². The number of hydrogen-bond donors (Lipinski definition) is 2. The summed E-state index contributed by atoms with van der Waals surface area (Å²) >= 11 is 0. The summed E-state index contributed by atoms with van der Waals surface area (Å²) in [6, 6.07) is 7.87. The Morgan fingerprint density at radius 1 is 1.14 bits per heavy atom. The van der Waals surface area contributed by atoms with Gasteiger partial charge in [0.25, 0.3) is 5.91 Å². The molecular weight excluding hydrogens is 371 g/mol. The molecule has 0 radical (unpaired) electrons. The smallest absolute Gasteiger partial charge is 0.356 e. The number of hydrogen-bond acceptors (Lipinski definition) is 4. The Labute approximate surface area is 158 Å². The Bertz CT molecular complexity index is 975. The van der Waals surface area contributed by atoms with Crippen LogP contribution in [-0.2, 0) is 6.18 Å². The fourth-order valence-corrected chi connectivity index (χ4v) is 3.41. The molecule has 0 aliphatic carbocycles. The number of H-pyrrole nitrogens is 1. The molecule has 146 valence electrons. The topological polar surface area (TPSA) is 73.9 Å². The number of alkyl halides is 3. The molecule has 0 unspecified atom stereocenters. The number of carbonyl (C=O) groups excluding carboxylic acids is 1. The second-order valence-corrected chi connectivity index (χ2v) is 6.78. The lowest BCUT2D eigenvalue weighted by Crippen LogP contribution is -2.45. The number of amides is 1. The van der Waals surface area contributed by atoms with E-state index in [2.05, 4.69) is 20.5 Å². The van der Waals surface area contributed by atoms with Crippen LogP contribution in [0.5, 0.6) is 0 Å². The third-order valence-electron chi connectivity index (χ3n) is 4.95. The monoisotopic (exact) mass is 389 g/mol. The van der Waals surface area contributed by atoms with E-state index in [9.17, 15) is 18.0 Å². The maximum Gasteiger partial charge on any atom is 0.417 e. The molecule has 1 aromatic carbocycles. The molecule has 2 aromatic heterocycles. The first kappa shape index (κ1) is 18.3. The predicted molar refractivity (Wildman–Crippen MR) is 98.0 cm³/mol. The van der Waals surface area contributed by atoms with E-state index in [4.69, 9.17) is 0 Å². The van der Waals surface area contributed by atoms with Crippen LogP contribution in [0.4, 0.5) is 19.0 Å². The van der Waals surface area contributed by atoms with E-state index in [0.29, 0.717) is 42.8 Å². The van der Waals surface area contributed by atoms with Gasteiger partial charge in [-0.2, -0.15) is 18.3 Å². The summed E-state index contributed by atoms with van der Waals surface area (Å²) in [5.74, 6) is 0.348. The van der Waals surface area contributed by atoms with Crippen molar-refractivity contribution in [2.75, 3.05) is 18.0 Å². The fourth-order valence-electron chi connectivity index (χ4n) is 3.41. The minimum Gasteiger partial charge on any atom is -0.356 e. The Morgan fingerprint density at radius 3 is 2.61 bits per heavy atom. The zero-order chi connectivity index (χ0) is 19.7. The van der Waals surface area contributed by atoms with Gasteiger partial charge in [-0.05, 0) is 31.0 Å². The summed E-state index contributed by atoms with van der Waals surface area (Å²) in [6.07, 6.45) is -0.489. The van der Waals surface area contributed by atoms with Gasteiger partial charge in [0.1, 0.15) is 5.82 Å². The largest absolute Gasteiger partial charge is 0.417 e. The van der Waals surface area contributed by atoms with Crippen molar-refractivity contribution in [1.29, 1.82) is 0 Å². The van der Waals surface area contributed by atoms with Gasteiger partial charge in [-0.25, -0.2) is 4.98 Å². The molecule has 9 heteroatoms. The number of nitrogens with zero attached hydrogens (tertiary/aromatic N) is 3. The number of pyridine rings is 1. The summed E-state index contributed by atoms with van der Waals surface area (Å²) in [5, 5.41) is 10.7. The van der Waals surface area contributed by atoms with Crippen molar-refractivity contribution in [3.8, 4) is 0 Å².